The third-order valence-corrected chi connectivity index (χ3v) is 8.11. The second kappa shape index (κ2) is 8.94. The maximum atomic E-state index is 13.9. The molecule has 1 aromatic carbocycles. The van der Waals surface area contributed by atoms with Crippen LogP contribution in [-0.2, 0) is 15.3 Å². The number of hydrogen-bond donors (Lipinski definition) is 1. The van der Waals surface area contributed by atoms with Crippen molar-refractivity contribution in [2.75, 3.05) is 36.5 Å². The van der Waals surface area contributed by atoms with Gasteiger partial charge in [-0.1, -0.05) is 31.4 Å². The van der Waals surface area contributed by atoms with Gasteiger partial charge in [0.05, 0.1) is 17.1 Å². The van der Waals surface area contributed by atoms with E-state index in [1.54, 1.807) is 29.2 Å². The van der Waals surface area contributed by atoms with E-state index in [9.17, 15) is 17.6 Å². The minimum absolute atomic E-state index is 0.00791. The van der Waals surface area contributed by atoms with Crippen LogP contribution in [0.1, 0.15) is 48.0 Å². The SMILES string of the molecule is O=C(c1ccc(NCC2(c3cccc(F)c3)CCCCC2)nc1)N1CCS(=O)(=O)CC1. The second-order valence-electron chi connectivity index (χ2n) is 8.58. The van der Waals surface area contributed by atoms with Gasteiger partial charge in [0, 0.05) is 31.2 Å². The van der Waals surface area contributed by atoms with Gasteiger partial charge in [-0.15, -0.1) is 0 Å². The zero-order valence-electron chi connectivity index (χ0n) is 17.5. The number of sulfone groups is 1. The number of benzene rings is 1. The molecule has 1 aromatic heterocycles. The van der Waals surface area contributed by atoms with E-state index < -0.39 is 9.84 Å². The molecule has 0 spiro atoms. The summed E-state index contributed by atoms with van der Waals surface area (Å²) < 4.78 is 37.0. The van der Waals surface area contributed by atoms with Gasteiger partial charge in [0.25, 0.3) is 5.91 Å². The predicted octanol–water partition coefficient (Wildman–Crippen LogP) is 3.41. The van der Waals surface area contributed by atoms with E-state index in [0.29, 0.717) is 17.9 Å². The van der Waals surface area contributed by atoms with Crippen LogP contribution < -0.4 is 5.32 Å². The average molecular weight is 446 g/mol. The molecule has 2 aromatic rings. The van der Waals surface area contributed by atoms with Gasteiger partial charge in [0.2, 0.25) is 0 Å². The number of carbonyl (C=O) groups is 1. The molecule has 1 amide bonds. The van der Waals surface area contributed by atoms with Crippen molar-refractivity contribution in [3.8, 4) is 0 Å². The molecule has 8 heteroatoms. The molecule has 31 heavy (non-hydrogen) atoms. The lowest BCUT2D eigenvalue weighted by Crippen LogP contribution is -2.43. The van der Waals surface area contributed by atoms with Crippen molar-refractivity contribution in [3.05, 3.63) is 59.5 Å². The Balaban J connectivity index is 1.43. The molecule has 0 bridgehead atoms. The Morgan fingerprint density at radius 1 is 1.10 bits per heavy atom. The summed E-state index contributed by atoms with van der Waals surface area (Å²) >= 11 is 0. The Morgan fingerprint density at radius 2 is 1.84 bits per heavy atom. The summed E-state index contributed by atoms with van der Waals surface area (Å²) in [6, 6.07) is 10.4. The Hall–Kier alpha value is -2.48. The van der Waals surface area contributed by atoms with Crippen molar-refractivity contribution in [1.29, 1.82) is 0 Å². The fourth-order valence-electron chi connectivity index (χ4n) is 4.60. The molecular formula is C23H28FN3O3S. The number of pyridine rings is 1. The van der Waals surface area contributed by atoms with E-state index in [0.717, 1.165) is 31.2 Å². The molecule has 1 N–H and O–H groups in total. The molecule has 4 rings (SSSR count). The number of amides is 1. The van der Waals surface area contributed by atoms with Gasteiger partial charge in [0.15, 0.2) is 9.84 Å². The van der Waals surface area contributed by atoms with Gasteiger partial charge in [-0.2, -0.15) is 0 Å². The minimum Gasteiger partial charge on any atom is -0.369 e. The Kier molecular flexibility index (Phi) is 6.27. The molecule has 0 atom stereocenters. The summed E-state index contributed by atoms with van der Waals surface area (Å²) in [5.41, 5.74) is 1.34. The van der Waals surface area contributed by atoms with Gasteiger partial charge >= 0.3 is 0 Å². The first-order chi connectivity index (χ1) is 14.9. The molecule has 2 aliphatic rings. The highest BCUT2D eigenvalue weighted by Gasteiger charge is 2.34. The number of aromatic nitrogens is 1. The maximum Gasteiger partial charge on any atom is 0.255 e. The van der Waals surface area contributed by atoms with Crippen molar-refractivity contribution in [2.45, 2.75) is 37.5 Å². The molecule has 166 valence electrons. The summed E-state index contributed by atoms with van der Waals surface area (Å²) in [5.74, 6) is 0.271. The highest BCUT2D eigenvalue weighted by Crippen LogP contribution is 2.39. The summed E-state index contributed by atoms with van der Waals surface area (Å²) in [5, 5.41) is 3.39. The largest absolute Gasteiger partial charge is 0.369 e. The van der Waals surface area contributed by atoms with Crippen molar-refractivity contribution >= 4 is 21.6 Å². The standard InChI is InChI=1S/C23H28FN3O3S/c24-20-6-4-5-19(15-20)23(9-2-1-3-10-23)17-26-21-8-7-18(16-25-21)22(28)27-11-13-31(29,30)14-12-27/h4-8,15-16H,1-3,9-14,17H2,(H,25,26). The smallest absolute Gasteiger partial charge is 0.255 e. The molecule has 1 saturated heterocycles. The monoisotopic (exact) mass is 445 g/mol. The number of halogens is 1. The summed E-state index contributed by atoms with van der Waals surface area (Å²) in [6.07, 6.45) is 6.96. The van der Waals surface area contributed by atoms with Crippen LogP contribution in [0.3, 0.4) is 0 Å². The molecule has 2 fully saturated rings. The molecule has 1 aliphatic carbocycles. The fraction of sp³-hybridized carbons (Fsp3) is 0.478. The van der Waals surface area contributed by atoms with E-state index >= 15 is 0 Å². The summed E-state index contributed by atoms with van der Waals surface area (Å²) in [7, 11) is -3.03. The lowest BCUT2D eigenvalue weighted by atomic mass is 9.69. The van der Waals surface area contributed by atoms with Crippen LogP contribution in [-0.4, -0.2) is 55.3 Å². The first-order valence-corrected chi connectivity index (χ1v) is 12.6. The van der Waals surface area contributed by atoms with Crippen LogP contribution in [0, 0.1) is 5.82 Å². The van der Waals surface area contributed by atoms with Crippen LogP contribution in [0.25, 0.3) is 0 Å². The van der Waals surface area contributed by atoms with Crippen molar-refractivity contribution < 1.29 is 17.6 Å². The van der Waals surface area contributed by atoms with E-state index in [4.69, 9.17) is 0 Å². The number of rotatable bonds is 5. The van der Waals surface area contributed by atoms with Crippen molar-refractivity contribution in [2.24, 2.45) is 0 Å². The van der Waals surface area contributed by atoms with Gasteiger partial charge in [-0.25, -0.2) is 17.8 Å². The van der Waals surface area contributed by atoms with Crippen LogP contribution in [0.4, 0.5) is 10.2 Å². The van der Waals surface area contributed by atoms with Crippen molar-refractivity contribution in [1.82, 2.24) is 9.88 Å². The lowest BCUT2D eigenvalue weighted by Gasteiger charge is -2.38. The van der Waals surface area contributed by atoms with Gasteiger partial charge in [0.1, 0.15) is 11.6 Å². The first kappa shape index (κ1) is 21.7. The first-order valence-electron chi connectivity index (χ1n) is 10.8. The summed E-state index contributed by atoms with van der Waals surface area (Å²) in [4.78, 5) is 18.6. The molecule has 2 heterocycles. The average Bonchev–Trinajstić information content (AvgIpc) is 2.78. The van der Waals surface area contributed by atoms with Gasteiger partial charge < -0.3 is 10.2 Å². The summed E-state index contributed by atoms with van der Waals surface area (Å²) in [6.45, 7) is 1.09. The Bertz CT molecular complexity index is 1020. The molecule has 0 radical (unpaired) electrons. The van der Waals surface area contributed by atoms with Gasteiger partial charge in [-0.3, -0.25) is 4.79 Å². The topological polar surface area (TPSA) is 79.4 Å². The van der Waals surface area contributed by atoms with E-state index in [-0.39, 0.29) is 41.7 Å². The van der Waals surface area contributed by atoms with Gasteiger partial charge in [-0.05, 0) is 42.7 Å². The number of nitrogens with zero attached hydrogens (tertiary/aromatic N) is 2. The fourth-order valence-corrected chi connectivity index (χ4v) is 5.80. The zero-order chi connectivity index (χ0) is 21.9. The zero-order valence-corrected chi connectivity index (χ0v) is 18.3. The number of anilines is 1. The lowest BCUT2D eigenvalue weighted by molar-refractivity contribution is 0.0770. The molecule has 6 nitrogen and oxygen atoms in total. The highest BCUT2D eigenvalue weighted by atomic mass is 32.2. The number of hydrogen-bond acceptors (Lipinski definition) is 5. The minimum atomic E-state index is -3.03. The number of nitrogens with one attached hydrogen (secondary N) is 1. The van der Waals surface area contributed by atoms with Crippen LogP contribution >= 0.6 is 0 Å². The molecule has 1 aliphatic heterocycles. The maximum absolute atomic E-state index is 13.9. The Labute approximate surface area is 182 Å². The predicted molar refractivity (Wildman–Crippen MR) is 118 cm³/mol. The van der Waals surface area contributed by atoms with E-state index in [2.05, 4.69) is 10.3 Å². The van der Waals surface area contributed by atoms with Crippen LogP contribution in [0.15, 0.2) is 42.6 Å². The Morgan fingerprint density at radius 3 is 2.48 bits per heavy atom. The van der Waals surface area contributed by atoms with E-state index in [1.807, 2.05) is 6.07 Å². The molecule has 0 unspecified atom stereocenters. The van der Waals surface area contributed by atoms with E-state index in [1.165, 1.54) is 18.7 Å². The number of carbonyl (C=O) groups excluding carboxylic acids is 1. The van der Waals surface area contributed by atoms with Crippen molar-refractivity contribution in [3.63, 3.8) is 0 Å². The quantitative estimate of drug-likeness (QED) is 0.763. The second-order valence-corrected chi connectivity index (χ2v) is 10.9. The van der Waals surface area contributed by atoms with Crippen LogP contribution in [0.2, 0.25) is 0 Å². The third kappa shape index (κ3) is 5.06. The normalized spacial score (nSPS) is 20.2. The van der Waals surface area contributed by atoms with Crippen LogP contribution in [0.5, 0.6) is 0 Å². The molecular weight excluding hydrogens is 417 g/mol. The molecule has 1 saturated carbocycles. The highest BCUT2D eigenvalue weighted by molar-refractivity contribution is 7.91. The third-order valence-electron chi connectivity index (χ3n) is 6.50.